The molecule has 0 aromatic heterocycles. The molecule has 0 aliphatic heterocycles. The van der Waals surface area contributed by atoms with Gasteiger partial charge in [0.1, 0.15) is 5.88 Å². The molecule has 0 fully saturated rings. The van der Waals surface area contributed by atoms with E-state index in [-0.39, 0.29) is 42.8 Å². The van der Waals surface area contributed by atoms with Crippen molar-refractivity contribution in [2.24, 2.45) is 0 Å². The number of carbonyl (C=O) groups is 1. The van der Waals surface area contributed by atoms with Crippen LogP contribution < -0.4 is 29.6 Å². The first-order chi connectivity index (χ1) is 3.31. The normalized spacial score (nSPS) is 7.25. The Balaban J connectivity index is -0.000000180. The minimum atomic E-state index is -0.357. The Hall–Kier alpha value is 0.760. The zero-order valence-corrected chi connectivity index (χ0v) is 7.86. The van der Waals surface area contributed by atoms with Crippen molar-refractivity contribution in [2.75, 3.05) is 12.5 Å². The molecule has 0 bridgehead atoms. The van der Waals surface area contributed by atoms with Gasteiger partial charge in [0.2, 0.25) is 0 Å². The number of rotatable bonds is 2. The molecule has 0 atom stereocenters. The van der Waals surface area contributed by atoms with Crippen molar-refractivity contribution in [1.29, 1.82) is 0 Å². The van der Waals surface area contributed by atoms with Gasteiger partial charge in [0.25, 0.3) is 0 Å². The van der Waals surface area contributed by atoms with Crippen molar-refractivity contribution < 1.29 is 40.5 Å². The molecule has 0 heterocycles. The number of alkyl halides is 1. The van der Waals surface area contributed by atoms with E-state index in [9.17, 15) is 4.79 Å². The van der Waals surface area contributed by atoms with Crippen molar-refractivity contribution in [3.05, 3.63) is 0 Å². The van der Waals surface area contributed by atoms with E-state index >= 15 is 0 Å². The summed E-state index contributed by atoms with van der Waals surface area (Å²) in [6, 6.07) is 0. The molecular weight excluding hydrogens is 138 g/mol. The number of carbonyl (C=O) groups excluding carboxylic acids is 1. The average molecular weight is 147 g/mol. The Kier molecular flexibility index (Phi) is 11.2. The molecule has 0 aromatic carbocycles. The number of hydrogen-bond donors (Lipinski definition) is 0. The quantitative estimate of drug-likeness (QED) is 0.254. The first-order valence-electron chi connectivity index (χ1n) is 2.02. The Labute approximate surface area is 77.3 Å². The van der Waals surface area contributed by atoms with Crippen LogP contribution in [0.3, 0.4) is 0 Å². The molecule has 0 saturated carbocycles. The van der Waals surface area contributed by atoms with Crippen molar-refractivity contribution in [1.82, 2.24) is 0 Å². The van der Waals surface area contributed by atoms with Crippen LogP contribution in [0.5, 0.6) is 0 Å². The fraction of sp³-hybridized carbons (Fsp3) is 0.750. The van der Waals surface area contributed by atoms with E-state index < -0.39 is 0 Å². The first-order valence-corrected chi connectivity index (χ1v) is 2.56. The average Bonchev–Trinajstić information content (AvgIpc) is 1.68. The van der Waals surface area contributed by atoms with Crippen LogP contribution >= 0.6 is 11.6 Å². The van der Waals surface area contributed by atoms with Crippen LogP contribution in [0.2, 0.25) is 0 Å². The maximum absolute atomic E-state index is 10.1. The summed E-state index contributed by atoms with van der Waals surface area (Å²) in [7, 11) is 0. The summed E-state index contributed by atoms with van der Waals surface area (Å²) in [6.45, 7) is 2.15. The summed E-state index contributed by atoms with van der Waals surface area (Å²) in [6.07, 6.45) is 0. The minimum Gasteiger partial charge on any atom is -1.00 e. The molecular formula is C4H8ClNaO2. The third-order valence-electron chi connectivity index (χ3n) is 0.414. The molecule has 44 valence electrons. The van der Waals surface area contributed by atoms with Crippen molar-refractivity contribution in [2.45, 2.75) is 6.92 Å². The van der Waals surface area contributed by atoms with Gasteiger partial charge in [0, 0.05) is 0 Å². The number of ether oxygens (including phenoxy) is 1. The summed E-state index contributed by atoms with van der Waals surface area (Å²) < 4.78 is 4.42. The van der Waals surface area contributed by atoms with Gasteiger partial charge in [-0.3, -0.25) is 4.79 Å². The first kappa shape index (κ1) is 11.5. The van der Waals surface area contributed by atoms with Crippen molar-refractivity contribution >= 4 is 17.6 Å². The molecule has 0 radical (unpaired) electrons. The third kappa shape index (κ3) is 6.76. The smallest absolute Gasteiger partial charge is 1.00 e. The van der Waals surface area contributed by atoms with Gasteiger partial charge in [0.15, 0.2) is 0 Å². The fourth-order valence-electron chi connectivity index (χ4n) is 0.200. The number of halogens is 1. The van der Waals surface area contributed by atoms with E-state index in [0.717, 1.165) is 0 Å². The van der Waals surface area contributed by atoms with Gasteiger partial charge < -0.3 is 6.16 Å². The second-order valence-corrected chi connectivity index (χ2v) is 1.21. The molecule has 0 spiro atoms. The summed E-state index contributed by atoms with van der Waals surface area (Å²) in [5.41, 5.74) is 0. The van der Waals surface area contributed by atoms with Gasteiger partial charge in [-0.1, -0.05) is 0 Å². The Morgan fingerprint density at radius 1 is 1.88 bits per heavy atom. The standard InChI is InChI=1S/C4H7ClO2.Na.H/c1-2-7-4(6)3-5;;/h2-3H2,1H3;;/q;+1;-1. The van der Waals surface area contributed by atoms with Crippen molar-refractivity contribution in [3.8, 4) is 0 Å². The van der Waals surface area contributed by atoms with Gasteiger partial charge >= 0.3 is 35.5 Å². The maximum atomic E-state index is 10.1. The zero-order chi connectivity index (χ0) is 5.70. The molecule has 0 amide bonds. The summed E-state index contributed by atoms with van der Waals surface area (Å²) in [4.78, 5) is 10.1. The molecule has 2 nitrogen and oxygen atoms in total. The second-order valence-electron chi connectivity index (χ2n) is 0.939. The van der Waals surface area contributed by atoms with Gasteiger partial charge in [-0.15, -0.1) is 11.6 Å². The van der Waals surface area contributed by atoms with Crippen LogP contribution in [0.4, 0.5) is 0 Å². The van der Waals surface area contributed by atoms with E-state index in [0.29, 0.717) is 6.61 Å². The Morgan fingerprint density at radius 2 is 2.38 bits per heavy atom. The molecule has 0 aliphatic rings. The van der Waals surface area contributed by atoms with Crippen LogP contribution in [0, 0.1) is 0 Å². The predicted molar refractivity (Wildman–Crippen MR) is 28.5 cm³/mol. The number of esters is 1. The predicted octanol–water partition coefficient (Wildman–Crippen LogP) is -2.10. The van der Waals surface area contributed by atoms with E-state index in [4.69, 9.17) is 11.6 Å². The minimum absolute atomic E-state index is 0. The molecule has 0 N–H and O–H groups in total. The molecule has 0 rings (SSSR count). The SMILES string of the molecule is CCOC(=O)CCl.[H-].[Na+]. The number of hydrogen-bond acceptors (Lipinski definition) is 2. The van der Waals surface area contributed by atoms with E-state index in [1.807, 2.05) is 0 Å². The molecule has 4 heteroatoms. The van der Waals surface area contributed by atoms with Crippen LogP contribution in [0.25, 0.3) is 0 Å². The summed E-state index contributed by atoms with van der Waals surface area (Å²) in [5.74, 6) is -0.405. The summed E-state index contributed by atoms with van der Waals surface area (Å²) in [5, 5.41) is 0. The summed E-state index contributed by atoms with van der Waals surface area (Å²) >= 11 is 5.06. The Morgan fingerprint density at radius 3 is 2.50 bits per heavy atom. The van der Waals surface area contributed by atoms with E-state index in [1.54, 1.807) is 6.92 Å². The van der Waals surface area contributed by atoms with Crippen molar-refractivity contribution in [3.63, 3.8) is 0 Å². The molecule has 0 unspecified atom stereocenters. The van der Waals surface area contributed by atoms with E-state index in [1.165, 1.54) is 0 Å². The van der Waals surface area contributed by atoms with Crippen LogP contribution in [-0.2, 0) is 9.53 Å². The monoisotopic (exact) mass is 146 g/mol. The van der Waals surface area contributed by atoms with Gasteiger partial charge in [0.05, 0.1) is 6.61 Å². The van der Waals surface area contributed by atoms with Gasteiger partial charge in [-0.2, -0.15) is 0 Å². The van der Waals surface area contributed by atoms with Crippen LogP contribution in [-0.4, -0.2) is 18.5 Å². The zero-order valence-electron chi connectivity index (χ0n) is 6.11. The van der Waals surface area contributed by atoms with E-state index in [2.05, 4.69) is 4.74 Å². The fourth-order valence-corrected chi connectivity index (χ4v) is 0.277. The maximum Gasteiger partial charge on any atom is 1.00 e. The topological polar surface area (TPSA) is 26.3 Å². The largest absolute Gasteiger partial charge is 1.00 e. The molecule has 8 heavy (non-hydrogen) atoms. The van der Waals surface area contributed by atoms with Gasteiger partial charge in [-0.05, 0) is 6.92 Å². The molecule has 0 aromatic rings. The van der Waals surface area contributed by atoms with Gasteiger partial charge in [-0.25, -0.2) is 0 Å². The van der Waals surface area contributed by atoms with Crippen LogP contribution in [0.15, 0.2) is 0 Å². The Bertz CT molecular complexity index is 71.6. The second kappa shape index (κ2) is 7.76. The molecule has 0 saturated heterocycles. The molecule has 0 aliphatic carbocycles. The third-order valence-corrected chi connectivity index (χ3v) is 0.633. The van der Waals surface area contributed by atoms with Crippen LogP contribution in [0.1, 0.15) is 8.35 Å².